The fourth-order valence-corrected chi connectivity index (χ4v) is 4.09. The summed E-state index contributed by atoms with van der Waals surface area (Å²) >= 11 is 0. The predicted octanol–water partition coefficient (Wildman–Crippen LogP) is 3.15. The smallest absolute Gasteiger partial charge is 0.289 e. The van der Waals surface area contributed by atoms with Crippen LogP contribution >= 0.6 is 0 Å². The second-order valence-electron chi connectivity index (χ2n) is 7.68. The Labute approximate surface area is 185 Å². The molecule has 1 aromatic heterocycles. The van der Waals surface area contributed by atoms with E-state index in [0.717, 1.165) is 5.56 Å². The largest absolute Gasteiger partial charge is 0.459 e. The topological polar surface area (TPSA) is 84.3 Å². The van der Waals surface area contributed by atoms with Crippen molar-refractivity contribution in [1.82, 2.24) is 9.80 Å². The Morgan fingerprint density at radius 1 is 0.875 bits per heavy atom. The molecular weight excluding hydrogens is 410 g/mol. The zero-order valence-electron chi connectivity index (χ0n) is 17.4. The van der Waals surface area contributed by atoms with Crippen molar-refractivity contribution >= 4 is 17.5 Å². The number of hydrogen-bond donors (Lipinski definition) is 1. The third-order valence-electron chi connectivity index (χ3n) is 5.70. The number of anilines is 1. The van der Waals surface area contributed by atoms with Gasteiger partial charge in [0.15, 0.2) is 17.3 Å². The number of amides is 2. The average Bonchev–Trinajstić information content (AvgIpc) is 3.52. The minimum Gasteiger partial charge on any atom is -0.459 e. The molecule has 2 amide bonds. The van der Waals surface area contributed by atoms with E-state index >= 15 is 0 Å². The van der Waals surface area contributed by atoms with Gasteiger partial charge < -0.3 is 24.1 Å². The zero-order chi connectivity index (χ0) is 21.9. The fourth-order valence-electron chi connectivity index (χ4n) is 4.09. The van der Waals surface area contributed by atoms with Gasteiger partial charge in [0.25, 0.3) is 5.91 Å². The van der Waals surface area contributed by atoms with Crippen LogP contribution in [0, 0.1) is 0 Å². The highest BCUT2D eigenvalue weighted by atomic mass is 16.7. The summed E-state index contributed by atoms with van der Waals surface area (Å²) in [5.74, 6) is 1.35. The van der Waals surface area contributed by atoms with Crippen molar-refractivity contribution in [1.29, 1.82) is 0 Å². The van der Waals surface area contributed by atoms with E-state index in [9.17, 15) is 9.59 Å². The molecule has 0 unspecified atom stereocenters. The maximum atomic E-state index is 13.4. The SMILES string of the molecule is O=C(Nc1ccc2c(c1)OCO2)[C@@H](c1ccccc1)N1CCN(C(=O)c2ccco2)CC1. The van der Waals surface area contributed by atoms with E-state index in [1.807, 2.05) is 30.3 Å². The van der Waals surface area contributed by atoms with Crippen molar-refractivity contribution in [2.75, 3.05) is 38.3 Å². The molecule has 0 spiro atoms. The van der Waals surface area contributed by atoms with E-state index in [0.29, 0.717) is 49.1 Å². The van der Waals surface area contributed by atoms with Crippen molar-refractivity contribution < 1.29 is 23.5 Å². The summed E-state index contributed by atoms with van der Waals surface area (Å²) in [5.41, 5.74) is 1.54. The first kappa shape index (κ1) is 20.1. The van der Waals surface area contributed by atoms with Gasteiger partial charge in [-0.25, -0.2) is 0 Å². The lowest BCUT2D eigenvalue weighted by Crippen LogP contribution is -2.51. The molecule has 1 atom stereocenters. The third kappa shape index (κ3) is 4.04. The van der Waals surface area contributed by atoms with Crippen LogP contribution in [0.15, 0.2) is 71.3 Å². The van der Waals surface area contributed by atoms with Crippen LogP contribution in [0.2, 0.25) is 0 Å². The van der Waals surface area contributed by atoms with Crippen LogP contribution < -0.4 is 14.8 Å². The molecule has 0 saturated carbocycles. The van der Waals surface area contributed by atoms with E-state index < -0.39 is 6.04 Å². The Balaban J connectivity index is 1.32. The normalized spacial score (nSPS) is 16.6. The molecule has 2 aliphatic rings. The Morgan fingerprint density at radius 3 is 2.41 bits per heavy atom. The highest BCUT2D eigenvalue weighted by Crippen LogP contribution is 2.35. The second-order valence-corrected chi connectivity index (χ2v) is 7.68. The number of carbonyl (C=O) groups is 2. The summed E-state index contributed by atoms with van der Waals surface area (Å²) in [6.45, 7) is 2.35. The Bertz CT molecular complexity index is 1090. The number of ether oxygens (including phenoxy) is 2. The number of carbonyl (C=O) groups excluding carboxylic acids is 2. The van der Waals surface area contributed by atoms with E-state index in [4.69, 9.17) is 13.9 Å². The standard InChI is InChI=1S/C24H23N3O5/c28-23(25-18-8-9-19-21(15-18)32-16-31-19)22(17-5-2-1-3-6-17)26-10-12-27(13-11-26)24(29)20-7-4-14-30-20/h1-9,14-15,22H,10-13,16H2,(H,25,28)/t22-/m1/s1. The summed E-state index contributed by atoms with van der Waals surface area (Å²) < 4.78 is 16.0. The maximum Gasteiger partial charge on any atom is 0.289 e. The molecule has 0 aliphatic carbocycles. The van der Waals surface area contributed by atoms with Gasteiger partial charge in [-0.15, -0.1) is 0 Å². The third-order valence-corrected chi connectivity index (χ3v) is 5.70. The Hall–Kier alpha value is -3.78. The average molecular weight is 433 g/mol. The molecule has 3 heterocycles. The summed E-state index contributed by atoms with van der Waals surface area (Å²) in [6, 6.07) is 17.9. The first-order valence-corrected chi connectivity index (χ1v) is 10.5. The molecule has 5 rings (SSSR count). The van der Waals surface area contributed by atoms with Crippen LogP contribution in [0.25, 0.3) is 0 Å². The van der Waals surface area contributed by atoms with Gasteiger partial charge >= 0.3 is 0 Å². The first-order chi connectivity index (χ1) is 15.7. The molecule has 164 valence electrons. The van der Waals surface area contributed by atoms with Crippen LogP contribution in [0.4, 0.5) is 5.69 Å². The molecule has 0 radical (unpaired) electrons. The predicted molar refractivity (Wildman–Crippen MR) is 117 cm³/mol. The van der Waals surface area contributed by atoms with Crippen molar-refractivity contribution in [2.45, 2.75) is 6.04 Å². The molecule has 2 aliphatic heterocycles. The van der Waals surface area contributed by atoms with E-state index in [1.165, 1.54) is 6.26 Å². The van der Waals surface area contributed by atoms with Gasteiger partial charge in [-0.1, -0.05) is 30.3 Å². The number of furan rings is 1. The lowest BCUT2D eigenvalue weighted by Gasteiger charge is -2.38. The minimum absolute atomic E-state index is 0.129. The molecule has 8 nitrogen and oxygen atoms in total. The molecular formula is C24H23N3O5. The van der Waals surface area contributed by atoms with Gasteiger partial charge in [-0.2, -0.15) is 0 Å². The van der Waals surface area contributed by atoms with Crippen LogP contribution in [-0.2, 0) is 4.79 Å². The van der Waals surface area contributed by atoms with Crippen molar-refractivity contribution in [3.05, 3.63) is 78.3 Å². The monoisotopic (exact) mass is 433 g/mol. The fraction of sp³-hybridized carbons (Fsp3) is 0.250. The molecule has 3 aromatic rings. The number of nitrogens with one attached hydrogen (secondary N) is 1. The highest BCUT2D eigenvalue weighted by Gasteiger charge is 2.32. The number of piperazine rings is 1. The summed E-state index contributed by atoms with van der Waals surface area (Å²) in [5, 5.41) is 3.01. The summed E-state index contributed by atoms with van der Waals surface area (Å²) in [6.07, 6.45) is 1.50. The molecule has 1 N–H and O–H groups in total. The number of nitrogens with zero attached hydrogens (tertiary/aromatic N) is 2. The summed E-state index contributed by atoms with van der Waals surface area (Å²) in [4.78, 5) is 29.8. The lowest BCUT2D eigenvalue weighted by atomic mass is 10.0. The van der Waals surface area contributed by atoms with Gasteiger partial charge in [-0.05, 0) is 29.8 Å². The molecule has 0 bridgehead atoms. The number of hydrogen-bond acceptors (Lipinski definition) is 6. The van der Waals surface area contributed by atoms with Gasteiger partial charge in [0, 0.05) is 37.9 Å². The minimum atomic E-state index is -0.484. The highest BCUT2D eigenvalue weighted by molar-refractivity contribution is 5.96. The van der Waals surface area contributed by atoms with Crippen LogP contribution in [0.5, 0.6) is 11.5 Å². The number of fused-ring (bicyclic) bond motifs is 1. The van der Waals surface area contributed by atoms with Crippen molar-refractivity contribution in [3.8, 4) is 11.5 Å². The van der Waals surface area contributed by atoms with E-state index in [2.05, 4.69) is 10.2 Å². The molecule has 1 fully saturated rings. The second kappa shape index (κ2) is 8.76. The van der Waals surface area contributed by atoms with E-state index in [1.54, 1.807) is 35.2 Å². The molecule has 2 aromatic carbocycles. The van der Waals surface area contributed by atoms with Gasteiger partial charge in [0.1, 0.15) is 6.04 Å². The van der Waals surface area contributed by atoms with Crippen molar-refractivity contribution in [2.24, 2.45) is 0 Å². The number of benzene rings is 2. The lowest BCUT2D eigenvalue weighted by molar-refractivity contribution is -0.122. The molecule has 32 heavy (non-hydrogen) atoms. The quantitative estimate of drug-likeness (QED) is 0.666. The Kier molecular flexibility index (Phi) is 5.51. The van der Waals surface area contributed by atoms with Crippen LogP contribution in [-0.4, -0.2) is 54.6 Å². The van der Waals surface area contributed by atoms with Gasteiger partial charge in [0.05, 0.1) is 6.26 Å². The van der Waals surface area contributed by atoms with Crippen molar-refractivity contribution in [3.63, 3.8) is 0 Å². The van der Waals surface area contributed by atoms with E-state index in [-0.39, 0.29) is 18.6 Å². The first-order valence-electron chi connectivity index (χ1n) is 10.5. The van der Waals surface area contributed by atoms with Gasteiger partial charge in [-0.3, -0.25) is 14.5 Å². The van der Waals surface area contributed by atoms with Crippen LogP contribution in [0.1, 0.15) is 22.2 Å². The molecule has 1 saturated heterocycles. The number of rotatable bonds is 5. The van der Waals surface area contributed by atoms with Gasteiger partial charge in [0.2, 0.25) is 12.7 Å². The zero-order valence-corrected chi connectivity index (χ0v) is 17.4. The summed E-state index contributed by atoms with van der Waals surface area (Å²) in [7, 11) is 0. The van der Waals surface area contributed by atoms with Crippen LogP contribution in [0.3, 0.4) is 0 Å². The maximum absolute atomic E-state index is 13.4. The molecule has 8 heteroatoms. The Morgan fingerprint density at radius 2 is 1.66 bits per heavy atom.